The lowest BCUT2D eigenvalue weighted by molar-refractivity contribution is -0.158. The lowest BCUT2D eigenvalue weighted by Gasteiger charge is -2.13. The summed E-state index contributed by atoms with van der Waals surface area (Å²) in [6.45, 7) is 7.67. The molecule has 16 heavy (non-hydrogen) atoms. The van der Waals surface area contributed by atoms with Crippen LogP contribution in [0, 0.1) is 5.92 Å². The molecule has 0 N–H and O–H groups in total. The molecule has 4 nitrogen and oxygen atoms in total. The summed E-state index contributed by atoms with van der Waals surface area (Å²) in [5.74, 6) is -0.200. The van der Waals surface area contributed by atoms with E-state index in [0.29, 0.717) is 12.8 Å². The molecule has 0 spiro atoms. The molecule has 0 heterocycles. The van der Waals surface area contributed by atoms with Crippen LogP contribution in [-0.4, -0.2) is 24.6 Å². The van der Waals surface area contributed by atoms with Crippen LogP contribution in [0.5, 0.6) is 0 Å². The van der Waals surface area contributed by atoms with Crippen LogP contribution in [0.3, 0.4) is 0 Å². The van der Waals surface area contributed by atoms with Crippen molar-refractivity contribution in [2.24, 2.45) is 5.92 Å². The lowest BCUT2D eigenvalue weighted by Crippen LogP contribution is -2.22. The zero-order valence-electron chi connectivity index (χ0n) is 10.6. The standard InChI is InChI=1S/C12H22O4/c1-5-6-11(13)16-10(4)8-15-12(14)7-9(2)3/h9-10H,5-8H2,1-4H3. The van der Waals surface area contributed by atoms with Crippen LogP contribution in [0.1, 0.15) is 47.0 Å². The minimum Gasteiger partial charge on any atom is -0.462 e. The van der Waals surface area contributed by atoms with Gasteiger partial charge in [0.1, 0.15) is 12.7 Å². The Morgan fingerprint density at radius 3 is 2.25 bits per heavy atom. The van der Waals surface area contributed by atoms with Crippen LogP contribution in [0.2, 0.25) is 0 Å². The molecular formula is C12H22O4. The van der Waals surface area contributed by atoms with Crippen molar-refractivity contribution >= 4 is 11.9 Å². The number of ether oxygens (including phenoxy) is 2. The van der Waals surface area contributed by atoms with Crippen LogP contribution in [-0.2, 0) is 19.1 Å². The van der Waals surface area contributed by atoms with Crippen LogP contribution >= 0.6 is 0 Å². The van der Waals surface area contributed by atoms with Crippen molar-refractivity contribution in [2.75, 3.05) is 6.61 Å². The van der Waals surface area contributed by atoms with E-state index in [9.17, 15) is 9.59 Å². The third-order valence-electron chi connectivity index (χ3n) is 1.84. The maximum absolute atomic E-state index is 11.2. The van der Waals surface area contributed by atoms with Gasteiger partial charge in [0.25, 0.3) is 0 Å². The first-order valence-corrected chi connectivity index (χ1v) is 5.80. The first-order chi connectivity index (χ1) is 7.45. The SMILES string of the molecule is CCCC(=O)OC(C)COC(=O)CC(C)C. The van der Waals surface area contributed by atoms with Crippen molar-refractivity contribution in [1.82, 2.24) is 0 Å². The van der Waals surface area contributed by atoms with Gasteiger partial charge in [-0.15, -0.1) is 0 Å². The van der Waals surface area contributed by atoms with Crippen molar-refractivity contribution in [3.63, 3.8) is 0 Å². The van der Waals surface area contributed by atoms with E-state index >= 15 is 0 Å². The average Bonchev–Trinajstić information content (AvgIpc) is 2.14. The Kier molecular flexibility index (Phi) is 7.60. The Morgan fingerprint density at radius 2 is 1.75 bits per heavy atom. The monoisotopic (exact) mass is 230 g/mol. The molecule has 0 aliphatic carbocycles. The smallest absolute Gasteiger partial charge is 0.306 e. The van der Waals surface area contributed by atoms with Gasteiger partial charge in [0, 0.05) is 12.8 Å². The number of hydrogen-bond donors (Lipinski definition) is 0. The minimum absolute atomic E-state index is 0.140. The van der Waals surface area contributed by atoms with Gasteiger partial charge in [-0.3, -0.25) is 9.59 Å². The molecule has 94 valence electrons. The Labute approximate surface area is 97.3 Å². The zero-order valence-corrected chi connectivity index (χ0v) is 10.6. The quantitative estimate of drug-likeness (QED) is 0.630. The highest BCUT2D eigenvalue weighted by atomic mass is 16.6. The molecule has 0 aromatic rings. The normalized spacial score (nSPS) is 12.3. The molecule has 0 aromatic carbocycles. The molecule has 0 radical (unpaired) electrons. The number of carbonyl (C=O) groups is 2. The first-order valence-electron chi connectivity index (χ1n) is 5.80. The van der Waals surface area contributed by atoms with Gasteiger partial charge in [0.15, 0.2) is 0 Å². The van der Waals surface area contributed by atoms with Gasteiger partial charge >= 0.3 is 11.9 Å². The summed E-state index contributed by atoms with van der Waals surface area (Å²) in [5.41, 5.74) is 0. The highest BCUT2D eigenvalue weighted by molar-refractivity contribution is 5.70. The maximum atomic E-state index is 11.2. The number of carbonyl (C=O) groups excluding carboxylic acids is 2. The number of esters is 2. The average molecular weight is 230 g/mol. The van der Waals surface area contributed by atoms with E-state index in [-0.39, 0.29) is 30.6 Å². The van der Waals surface area contributed by atoms with Crippen molar-refractivity contribution in [1.29, 1.82) is 0 Å². The summed E-state index contributed by atoms with van der Waals surface area (Å²) < 4.78 is 10.0. The van der Waals surface area contributed by atoms with Crippen LogP contribution in [0.25, 0.3) is 0 Å². The van der Waals surface area contributed by atoms with Gasteiger partial charge in [-0.25, -0.2) is 0 Å². The summed E-state index contributed by atoms with van der Waals surface area (Å²) in [6.07, 6.45) is 1.20. The summed E-state index contributed by atoms with van der Waals surface area (Å²) in [5, 5.41) is 0. The predicted molar refractivity (Wildman–Crippen MR) is 60.9 cm³/mol. The fourth-order valence-corrected chi connectivity index (χ4v) is 1.12. The molecule has 1 unspecified atom stereocenters. The second-order valence-corrected chi connectivity index (χ2v) is 4.33. The third-order valence-corrected chi connectivity index (χ3v) is 1.84. The molecule has 0 aromatic heterocycles. The summed E-state index contributed by atoms with van der Waals surface area (Å²) >= 11 is 0. The van der Waals surface area contributed by atoms with Crippen LogP contribution in [0.15, 0.2) is 0 Å². The molecule has 0 aliphatic rings. The molecule has 0 amide bonds. The highest BCUT2D eigenvalue weighted by Crippen LogP contribution is 2.03. The molecule has 0 fully saturated rings. The highest BCUT2D eigenvalue weighted by Gasteiger charge is 2.12. The van der Waals surface area contributed by atoms with Crippen molar-refractivity contribution in [3.8, 4) is 0 Å². The van der Waals surface area contributed by atoms with Gasteiger partial charge in [-0.05, 0) is 19.3 Å². The molecule has 0 bridgehead atoms. The molecule has 0 aliphatic heterocycles. The van der Waals surface area contributed by atoms with E-state index in [2.05, 4.69) is 0 Å². The van der Waals surface area contributed by atoms with Gasteiger partial charge in [0.2, 0.25) is 0 Å². The Bertz CT molecular complexity index is 223. The molecule has 0 saturated carbocycles. The lowest BCUT2D eigenvalue weighted by atomic mass is 10.1. The van der Waals surface area contributed by atoms with Gasteiger partial charge in [0.05, 0.1) is 0 Å². The molecular weight excluding hydrogens is 208 g/mol. The summed E-state index contributed by atoms with van der Waals surface area (Å²) in [7, 11) is 0. The Morgan fingerprint density at radius 1 is 1.12 bits per heavy atom. The van der Waals surface area contributed by atoms with Gasteiger partial charge in [-0.2, -0.15) is 0 Å². The first kappa shape index (κ1) is 14.9. The molecule has 0 rings (SSSR count). The second kappa shape index (κ2) is 8.13. The summed E-state index contributed by atoms with van der Waals surface area (Å²) in [4.78, 5) is 22.3. The topological polar surface area (TPSA) is 52.6 Å². The van der Waals surface area contributed by atoms with Crippen LogP contribution < -0.4 is 0 Å². The predicted octanol–water partition coefficient (Wildman–Crippen LogP) is 2.31. The Hall–Kier alpha value is -1.06. The maximum Gasteiger partial charge on any atom is 0.306 e. The Balaban J connectivity index is 3.68. The number of hydrogen-bond acceptors (Lipinski definition) is 4. The van der Waals surface area contributed by atoms with Crippen molar-refractivity contribution < 1.29 is 19.1 Å². The summed E-state index contributed by atoms with van der Waals surface area (Å²) in [6, 6.07) is 0. The molecule has 4 heteroatoms. The van der Waals surface area contributed by atoms with E-state index < -0.39 is 0 Å². The molecule has 0 saturated heterocycles. The van der Waals surface area contributed by atoms with E-state index in [4.69, 9.17) is 9.47 Å². The van der Waals surface area contributed by atoms with Crippen molar-refractivity contribution in [3.05, 3.63) is 0 Å². The minimum atomic E-state index is -0.366. The zero-order chi connectivity index (χ0) is 12.6. The van der Waals surface area contributed by atoms with Gasteiger partial charge in [-0.1, -0.05) is 20.8 Å². The third kappa shape index (κ3) is 8.26. The largest absolute Gasteiger partial charge is 0.462 e. The second-order valence-electron chi connectivity index (χ2n) is 4.33. The van der Waals surface area contributed by atoms with Crippen molar-refractivity contribution in [2.45, 2.75) is 53.1 Å². The van der Waals surface area contributed by atoms with E-state index in [1.54, 1.807) is 6.92 Å². The van der Waals surface area contributed by atoms with Gasteiger partial charge < -0.3 is 9.47 Å². The fourth-order valence-electron chi connectivity index (χ4n) is 1.12. The number of rotatable bonds is 7. The fraction of sp³-hybridized carbons (Fsp3) is 0.833. The molecule has 1 atom stereocenters. The van der Waals surface area contributed by atoms with E-state index in [1.807, 2.05) is 20.8 Å². The van der Waals surface area contributed by atoms with Crippen LogP contribution in [0.4, 0.5) is 0 Å². The van der Waals surface area contributed by atoms with E-state index in [0.717, 1.165) is 6.42 Å². The van der Waals surface area contributed by atoms with E-state index in [1.165, 1.54) is 0 Å².